The molecule has 1 aliphatic rings. The van der Waals surface area contributed by atoms with Gasteiger partial charge in [-0.3, -0.25) is 4.79 Å². The van der Waals surface area contributed by atoms with E-state index in [4.69, 9.17) is 5.26 Å². The highest BCUT2D eigenvalue weighted by Crippen LogP contribution is 2.26. The third kappa shape index (κ3) is 3.58. The van der Waals surface area contributed by atoms with Gasteiger partial charge < -0.3 is 10.4 Å². The number of rotatable bonds is 3. The van der Waals surface area contributed by atoms with Gasteiger partial charge in [-0.15, -0.1) is 0 Å². The summed E-state index contributed by atoms with van der Waals surface area (Å²) >= 11 is 0. The van der Waals surface area contributed by atoms with Gasteiger partial charge in [0.1, 0.15) is 0 Å². The van der Waals surface area contributed by atoms with Crippen LogP contribution >= 0.6 is 0 Å². The summed E-state index contributed by atoms with van der Waals surface area (Å²) in [4.78, 5) is 12.1. The molecule has 1 aromatic rings. The van der Waals surface area contributed by atoms with Crippen molar-refractivity contribution in [3.05, 3.63) is 35.4 Å². The molecule has 0 spiro atoms. The van der Waals surface area contributed by atoms with Crippen LogP contribution in [-0.2, 0) is 0 Å². The van der Waals surface area contributed by atoms with E-state index in [2.05, 4.69) is 5.32 Å². The fourth-order valence-corrected chi connectivity index (χ4v) is 2.68. The van der Waals surface area contributed by atoms with Gasteiger partial charge in [0, 0.05) is 6.54 Å². The zero-order valence-electron chi connectivity index (χ0n) is 11.6. The first-order chi connectivity index (χ1) is 9.64. The van der Waals surface area contributed by atoms with E-state index >= 15 is 0 Å². The number of nitrogens with one attached hydrogen (secondary N) is 1. The third-order valence-corrected chi connectivity index (χ3v) is 3.90. The molecule has 2 N–H and O–H groups in total. The highest BCUT2D eigenvalue weighted by atomic mass is 16.3. The van der Waals surface area contributed by atoms with Gasteiger partial charge in [0.25, 0.3) is 5.91 Å². The number of hydrogen-bond acceptors (Lipinski definition) is 3. The van der Waals surface area contributed by atoms with E-state index in [-0.39, 0.29) is 12.5 Å². The Bertz CT molecular complexity index is 511. The van der Waals surface area contributed by atoms with E-state index in [0.29, 0.717) is 11.1 Å². The third-order valence-electron chi connectivity index (χ3n) is 3.90. The number of amides is 1. The molecule has 106 valence electrons. The average Bonchev–Trinajstić information content (AvgIpc) is 2.70. The second kappa shape index (κ2) is 6.53. The molecule has 0 unspecified atom stereocenters. The van der Waals surface area contributed by atoms with Gasteiger partial charge in [-0.1, -0.05) is 37.8 Å². The predicted molar refractivity (Wildman–Crippen MR) is 76.1 cm³/mol. The lowest BCUT2D eigenvalue weighted by molar-refractivity contribution is 0.0246. The van der Waals surface area contributed by atoms with Crippen LogP contribution in [0.4, 0.5) is 0 Å². The molecule has 0 aliphatic heterocycles. The molecule has 0 atom stereocenters. The lowest BCUT2D eigenvalue weighted by Gasteiger charge is -2.26. The molecular formula is C16H20N2O2. The molecule has 0 aromatic heterocycles. The molecule has 4 nitrogen and oxygen atoms in total. The van der Waals surface area contributed by atoms with Crippen LogP contribution in [0.1, 0.15) is 54.4 Å². The number of carbonyl (C=O) groups is 1. The van der Waals surface area contributed by atoms with E-state index in [1.807, 2.05) is 6.07 Å². The minimum atomic E-state index is -0.798. The van der Waals surface area contributed by atoms with Gasteiger partial charge in [0.15, 0.2) is 0 Å². The van der Waals surface area contributed by atoms with Crippen molar-refractivity contribution in [2.45, 2.75) is 44.1 Å². The molecule has 1 aromatic carbocycles. The summed E-state index contributed by atoms with van der Waals surface area (Å²) < 4.78 is 0. The van der Waals surface area contributed by atoms with Gasteiger partial charge in [-0.05, 0) is 25.0 Å². The standard InChI is InChI=1S/C16H20N2O2/c17-11-13-7-3-4-8-14(13)15(19)18-12-16(20)9-5-1-2-6-10-16/h3-4,7-8,20H,1-2,5-6,9-10,12H2,(H,18,19). The lowest BCUT2D eigenvalue weighted by atomic mass is 9.94. The van der Waals surface area contributed by atoms with E-state index < -0.39 is 5.60 Å². The largest absolute Gasteiger partial charge is 0.388 e. The van der Waals surface area contributed by atoms with Gasteiger partial charge >= 0.3 is 0 Å². The Hall–Kier alpha value is -1.86. The van der Waals surface area contributed by atoms with Crippen LogP contribution < -0.4 is 5.32 Å². The molecule has 1 amide bonds. The Kier molecular flexibility index (Phi) is 4.75. The number of carbonyl (C=O) groups excluding carboxylic acids is 1. The molecular weight excluding hydrogens is 252 g/mol. The second-order valence-corrected chi connectivity index (χ2v) is 5.48. The van der Waals surface area contributed by atoms with Crippen LogP contribution in [0.2, 0.25) is 0 Å². The van der Waals surface area contributed by atoms with Crippen LogP contribution in [0.3, 0.4) is 0 Å². The van der Waals surface area contributed by atoms with E-state index in [1.54, 1.807) is 24.3 Å². The SMILES string of the molecule is N#Cc1ccccc1C(=O)NCC1(O)CCCCCC1. The molecule has 1 saturated carbocycles. The van der Waals surface area contributed by atoms with Crippen molar-refractivity contribution < 1.29 is 9.90 Å². The van der Waals surface area contributed by atoms with Crippen LogP contribution in [-0.4, -0.2) is 23.2 Å². The van der Waals surface area contributed by atoms with E-state index in [1.165, 1.54) is 0 Å². The van der Waals surface area contributed by atoms with Crippen molar-refractivity contribution >= 4 is 5.91 Å². The zero-order valence-corrected chi connectivity index (χ0v) is 11.6. The normalized spacial score (nSPS) is 17.8. The first-order valence-electron chi connectivity index (χ1n) is 7.14. The Morgan fingerprint density at radius 1 is 1.25 bits per heavy atom. The maximum Gasteiger partial charge on any atom is 0.252 e. The summed E-state index contributed by atoms with van der Waals surface area (Å²) in [6.45, 7) is 0.256. The molecule has 0 heterocycles. The maximum atomic E-state index is 12.1. The number of nitriles is 1. The van der Waals surface area contributed by atoms with E-state index in [0.717, 1.165) is 38.5 Å². The van der Waals surface area contributed by atoms with Gasteiger partial charge in [0.2, 0.25) is 0 Å². The minimum absolute atomic E-state index is 0.256. The highest BCUT2D eigenvalue weighted by Gasteiger charge is 2.28. The summed E-state index contributed by atoms with van der Waals surface area (Å²) in [7, 11) is 0. The Labute approximate surface area is 119 Å². The predicted octanol–water partition coefficient (Wildman–Crippen LogP) is 2.37. The topological polar surface area (TPSA) is 73.1 Å². The molecule has 20 heavy (non-hydrogen) atoms. The Morgan fingerprint density at radius 3 is 2.55 bits per heavy atom. The molecule has 2 rings (SSSR count). The van der Waals surface area contributed by atoms with Gasteiger partial charge in [-0.25, -0.2) is 0 Å². The molecule has 4 heteroatoms. The Morgan fingerprint density at radius 2 is 1.90 bits per heavy atom. The number of hydrogen-bond donors (Lipinski definition) is 2. The Balaban J connectivity index is 1.99. The summed E-state index contributed by atoms with van der Waals surface area (Å²) in [5, 5.41) is 22.3. The molecule has 0 saturated heterocycles. The van der Waals surface area contributed by atoms with Crippen LogP contribution in [0, 0.1) is 11.3 Å². The van der Waals surface area contributed by atoms with E-state index in [9.17, 15) is 9.90 Å². The smallest absolute Gasteiger partial charge is 0.252 e. The van der Waals surface area contributed by atoms with Crippen molar-refractivity contribution in [2.75, 3.05) is 6.54 Å². The molecule has 0 radical (unpaired) electrons. The van der Waals surface area contributed by atoms with Crippen molar-refractivity contribution in [3.63, 3.8) is 0 Å². The number of aliphatic hydroxyl groups is 1. The van der Waals surface area contributed by atoms with Gasteiger partial charge in [-0.2, -0.15) is 5.26 Å². The van der Waals surface area contributed by atoms with Crippen LogP contribution in [0.5, 0.6) is 0 Å². The average molecular weight is 272 g/mol. The summed E-state index contributed by atoms with van der Waals surface area (Å²) in [6.07, 6.45) is 5.75. The van der Waals surface area contributed by atoms with Crippen molar-refractivity contribution in [1.29, 1.82) is 5.26 Å². The first-order valence-corrected chi connectivity index (χ1v) is 7.14. The fourth-order valence-electron chi connectivity index (χ4n) is 2.68. The fraction of sp³-hybridized carbons (Fsp3) is 0.500. The summed E-state index contributed by atoms with van der Waals surface area (Å²) in [5.41, 5.74) is -0.0709. The maximum absolute atomic E-state index is 12.1. The first kappa shape index (κ1) is 14.5. The summed E-state index contributed by atoms with van der Waals surface area (Å²) in [6, 6.07) is 8.72. The monoisotopic (exact) mass is 272 g/mol. The summed E-state index contributed by atoms with van der Waals surface area (Å²) in [5.74, 6) is -0.292. The molecule has 1 aliphatic carbocycles. The van der Waals surface area contributed by atoms with Crippen molar-refractivity contribution in [2.24, 2.45) is 0 Å². The van der Waals surface area contributed by atoms with Crippen molar-refractivity contribution in [3.8, 4) is 6.07 Å². The lowest BCUT2D eigenvalue weighted by Crippen LogP contribution is -2.42. The van der Waals surface area contributed by atoms with Crippen LogP contribution in [0.25, 0.3) is 0 Å². The highest BCUT2D eigenvalue weighted by molar-refractivity contribution is 5.96. The number of nitrogens with zero attached hydrogens (tertiary/aromatic N) is 1. The molecule has 1 fully saturated rings. The van der Waals surface area contributed by atoms with Crippen molar-refractivity contribution in [1.82, 2.24) is 5.32 Å². The number of benzene rings is 1. The second-order valence-electron chi connectivity index (χ2n) is 5.48. The van der Waals surface area contributed by atoms with Crippen LogP contribution in [0.15, 0.2) is 24.3 Å². The zero-order chi connectivity index (χ0) is 14.4. The van der Waals surface area contributed by atoms with Gasteiger partial charge in [0.05, 0.1) is 22.8 Å². The molecule has 0 bridgehead atoms. The minimum Gasteiger partial charge on any atom is -0.388 e. The quantitative estimate of drug-likeness (QED) is 0.830.